The van der Waals surface area contributed by atoms with Crippen LogP contribution in [0.25, 0.3) is 0 Å². The van der Waals surface area contributed by atoms with E-state index in [4.69, 9.17) is 4.74 Å². The van der Waals surface area contributed by atoms with Gasteiger partial charge in [-0.15, -0.1) is 0 Å². The van der Waals surface area contributed by atoms with Crippen LogP contribution in [0.2, 0.25) is 0 Å². The number of fused-ring (bicyclic) bond motifs is 4. The average Bonchev–Trinajstić information content (AvgIpc) is 3.00. The Labute approximate surface area is 151 Å². The van der Waals surface area contributed by atoms with E-state index in [0.717, 1.165) is 19.4 Å². The van der Waals surface area contributed by atoms with Gasteiger partial charge < -0.3 is 14.5 Å². The number of benzene rings is 1. The Kier molecular flexibility index (Phi) is 4.44. The van der Waals surface area contributed by atoms with Crippen LogP contribution in [-0.2, 0) is 0 Å². The zero-order valence-corrected chi connectivity index (χ0v) is 14.6. The van der Waals surface area contributed by atoms with Crippen LogP contribution in [-0.4, -0.2) is 53.6 Å². The highest BCUT2D eigenvalue weighted by Crippen LogP contribution is 2.32. The molecule has 0 N–H and O–H groups in total. The number of methoxy groups -OCH3 is 1. The number of rotatable bonds is 3. The van der Waals surface area contributed by atoms with Crippen molar-refractivity contribution in [3.8, 4) is 5.75 Å². The normalized spacial score (nSPS) is 22.2. The Morgan fingerprint density at radius 3 is 2.77 bits per heavy atom. The maximum absolute atomic E-state index is 13.7. The SMILES string of the molecule is COc1ccc(F)cc1C(=O)N1CC2CCC1CN(c1ncccn1)C2. The summed E-state index contributed by atoms with van der Waals surface area (Å²) in [5.41, 5.74) is 0.280. The summed E-state index contributed by atoms with van der Waals surface area (Å²) < 4.78 is 19.0. The lowest BCUT2D eigenvalue weighted by Crippen LogP contribution is -2.47. The molecule has 0 spiro atoms. The standard InChI is InChI=1S/C19H21FN4O2/c1-26-17-6-4-14(20)9-16(17)18(25)24-11-13-3-5-15(24)12-23(10-13)19-21-7-2-8-22-19/h2,4,6-9,13,15H,3,5,10-12H2,1H3. The molecule has 136 valence electrons. The van der Waals surface area contributed by atoms with Crippen molar-refractivity contribution in [2.24, 2.45) is 5.92 Å². The fourth-order valence-corrected chi connectivity index (χ4v) is 3.95. The molecule has 3 aliphatic rings. The third kappa shape index (κ3) is 3.09. The van der Waals surface area contributed by atoms with Gasteiger partial charge in [0.25, 0.3) is 5.91 Å². The van der Waals surface area contributed by atoms with Gasteiger partial charge in [-0.1, -0.05) is 0 Å². The van der Waals surface area contributed by atoms with Gasteiger partial charge in [0.15, 0.2) is 0 Å². The maximum Gasteiger partial charge on any atom is 0.258 e. The van der Waals surface area contributed by atoms with E-state index in [9.17, 15) is 9.18 Å². The van der Waals surface area contributed by atoms with E-state index >= 15 is 0 Å². The quantitative estimate of drug-likeness (QED) is 0.845. The molecule has 5 rings (SSSR count). The molecule has 26 heavy (non-hydrogen) atoms. The number of hydrogen-bond acceptors (Lipinski definition) is 5. The number of ether oxygens (including phenoxy) is 1. The van der Waals surface area contributed by atoms with Crippen LogP contribution in [0.1, 0.15) is 23.2 Å². The van der Waals surface area contributed by atoms with Gasteiger partial charge in [0.1, 0.15) is 11.6 Å². The van der Waals surface area contributed by atoms with Gasteiger partial charge in [-0.25, -0.2) is 14.4 Å². The van der Waals surface area contributed by atoms with Gasteiger partial charge in [0, 0.05) is 38.1 Å². The van der Waals surface area contributed by atoms with Crippen molar-refractivity contribution >= 4 is 11.9 Å². The number of amides is 1. The first kappa shape index (κ1) is 16.8. The highest BCUT2D eigenvalue weighted by atomic mass is 19.1. The van der Waals surface area contributed by atoms with Crippen LogP contribution < -0.4 is 9.64 Å². The molecule has 0 radical (unpaired) electrons. The minimum atomic E-state index is -0.437. The minimum absolute atomic E-state index is 0.0537. The fraction of sp³-hybridized carbons (Fsp3) is 0.421. The van der Waals surface area contributed by atoms with Gasteiger partial charge in [-0.05, 0) is 43.0 Å². The molecule has 4 heterocycles. The molecule has 6 nitrogen and oxygen atoms in total. The monoisotopic (exact) mass is 356 g/mol. The number of carbonyl (C=O) groups is 1. The lowest BCUT2D eigenvalue weighted by Gasteiger charge is -2.36. The Balaban J connectivity index is 1.61. The van der Waals surface area contributed by atoms with E-state index in [0.29, 0.717) is 30.7 Å². The van der Waals surface area contributed by atoms with E-state index < -0.39 is 5.82 Å². The molecule has 2 aromatic rings. The van der Waals surface area contributed by atoms with Crippen molar-refractivity contribution in [3.63, 3.8) is 0 Å². The van der Waals surface area contributed by atoms with Gasteiger partial charge in [0.05, 0.1) is 12.7 Å². The summed E-state index contributed by atoms with van der Waals surface area (Å²) in [6, 6.07) is 5.92. The third-order valence-corrected chi connectivity index (χ3v) is 5.20. The second-order valence-electron chi connectivity index (χ2n) is 6.85. The summed E-state index contributed by atoms with van der Waals surface area (Å²) >= 11 is 0. The molecule has 2 bridgehead atoms. The molecule has 0 saturated carbocycles. The highest BCUT2D eigenvalue weighted by Gasteiger charge is 2.38. The first-order chi connectivity index (χ1) is 12.7. The number of nitrogens with zero attached hydrogens (tertiary/aromatic N) is 4. The third-order valence-electron chi connectivity index (χ3n) is 5.20. The number of hydrogen-bond donors (Lipinski definition) is 0. The van der Waals surface area contributed by atoms with E-state index in [-0.39, 0.29) is 17.5 Å². The van der Waals surface area contributed by atoms with E-state index in [1.165, 1.54) is 25.3 Å². The molecule has 1 aromatic carbocycles. The first-order valence-corrected chi connectivity index (χ1v) is 8.82. The van der Waals surface area contributed by atoms with E-state index in [1.54, 1.807) is 18.5 Å². The smallest absolute Gasteiger partial charge is 0.258 e. The molecule has 3 fully saturated rings. The summed E-state index contributed by atoms with van der Waals surface area (Å²) in [7, 11) is 1.49. The van der Waals surface area contributed by atoms with E-state index in [1.807, 2.05) is 4.90 Å². The summed E-state index contributed by atoms with van der Waals surface area (Å²) in [6.07, 6.45) is 5.46. The molecular formula is C19H21FN4O2. The number of halogens is 1. The second-order valence-corrected chi connectivity index (χ2v) is 6.85. The number of piperidine rings is 1. The van der Waals surface area contributed by atoms with Gasteiger partial charge in [-0.2, -0.15) is 0 Å². The van der Waals surface area contributed by atoms with Crippen molar-refractivity contribution in [2.45, 2.75) is 18.9 Å². The molecule has 2 atom stereocenters. The van der Waals surface area contributed by atoms with Crippen LogP contribution in [0.3, 0.4) is 0 Å². The van der Waals surface area contributed by atoms with Crippen molar-refractivity contribution in [2.75, 3.05) is 31.6 Å². The second kappa shape index (κ2) is 6.90. The van der Waals surface area contributed by atoms with Gasteiger partial charge >= 0.3 is 0 Å². The first-order valence-electron chi connectivity index (χ1n) is 8.82. The predicted octanol–water partition coefficient (Wildman–Crippen LogP) is 2.37. The van der Waals surface area contributed by atoms with Crippen molar-refractivity contribution in [1.29, 1.82) is 0 Å². The molecule has 1 aromatic heterocycles. The molecule has 3 saturated heterocycles. The lowest BCUT2D eigenvalue weighted by atomic mass is 9.94. The molecule has 0 aliphatic carbocycles. The predicted molar refractivity (Wildman–Crippen MR) is 94.7 cm³/mol. The zero-order chi connectivity index (χ0) is 18.1. The summed E-state index contributed by atoms with van der Waals surface area (Å²) in [5.74, 6) is 0.836. The van der Waals surface area contributed by atoms with Crippen LogP contribution in [0.4, 0.5) is 10.3 Å². The number of aromatic nitrogens is 2. The molecule has 3 aliphatic heterocycles. The van der Waals surface area contributed by atoms with Crippen LogP contribution in [0, 0.1) is 11.7 Å². The van der Waals surface area contributed by atoms with Crippen LogP contribution in [0.15, 0.2) is 36.7 Å². The summed E-state index contributed by atoms with van der Waals surface area (Å²) in [6.45, 7) is 2.17. The van der Waals surface area contributed by atoms with Crippen molar-refractivity contribution < 1.29 is 13.9 Å². The summed E-state index contributed by atoms with van der Waals surface area (Å²) in [5, 5.41) is 0. The topological polar surface area (TPSA) is 58.6 Å². The number of carbonyl (C=O) groups excluding carboxylic acids is 1. The summed E-state index contributed by atoms with van der Waals surface area (Å²) in [4.78, 5) is 25.9. The van der Waals surface area contributed by atoms with E-state index in [2.05, 4.69) is 14.9 Å². The highest BCUT2D eigenvalue weighted by molar-refractivity contribution is 5.97. The largest absolute Gasteiger partial charge is 0.496 e. The Bertz CT molecular complexity index is 801. The van der Waals surface area contributed by atoms with Crippen molar-refractivity contribution in [1.82, 2.24) is 14.9 Å². The fourth-order valence-electron chi connectivity index (χ4n) is 3.95. The molecule has 1 amide bonds. The Hall–Kier alpha value is -2.70. The average molecular weight is 356 g/mol. The minimum Gasteiger partial charge on any atom is -0.496 e. The zero-order valence-electron chi connectivity index (χ0n) is 14.6. The Morgan fingerprint density at radius 1 is 1.19 bits per heavy atom. The van der Waals surface area contributed by atoms with Gasteiger partial charge in [-0.3, -0.25) is 4.79 Å². The molecular weight excluding hydrogens is 335 g/mol. The van der Waals surface area contributed by atoms with Gasteiger partial charge in [0.2, 0.25) is 5.95 Å². The molecule has 2 unspecified atom stereocenters. The van der Waals surface area contributed by atoms with Crippen LogP contribution in [0.5, 0.6) is 5.75 Å². The number of anilines is 1. The molecule has 7 heteroatoms. The van der Waals surface area contributed by atoms with Crippen molar-refractivity contribution in [3.05, 3.63) is 48.0 Å². The Morgan fingerprint density at radius 2 is 2.00 bits per heavy atom. The van der Waals surface area contributed by atoms with Crippen LogP contribution >= 0.6 is 0 Å². The lowest BCUT2D eigenvalue weighted by molar-refractivity contribution is 0.0588. The maximum atomic E-state index is 13.7.